The van der Waals surface area contributed by atoms with E-state index in [0.29, 0.717) is 17.9 Å². The summed E-state index contributed by atoms with van der Waals surface area (Å²) in [6.45, 7) is 0.00534. The highest BCUT2D eigenvalue weighted by Gasteiger charge is 2.31. The molecule has 2 aromatic carbocycles. The van der Waals surface area contributed by atoms with Gasteiger partial charge in [0.2, 0.25) is 0 Å². The molecule has 0 saturated heterocycles. The zero-order valence-corrected chi connectivity index (χ0v) is 16.4. The van der Waals surface area contributed by atoms with Crippen molar-refractivity contribution in [2.45, 2.75) is 25.6 Å². The van der Waals surface area contributed by atoms with E-state index in [2.05, 4.69) is 10.1 Å². The Bertz CT molecular complexity index is 816. The van der Waals surface area contributed by atoms with Crippen LogP contribution >= 0.6 is 0 Å². The van der Waals surface area contributed by atoms with Gasteiger partial charge in [-0.2, -0.15) is 0 Å². The predicted molar refractivity (Wildman–Crippen MR) is 105 cm³/mol. The fourth-order valence-corrected chi connectivity index (χ4v) is 2.54. The maximum Gasteiger partial charge on any atom is 0.573 e. The van der Waals surface area contributed by atoms with Crippen molar-refractivity contribution in [3.8, 4) is 11.5 Å². The van der Waals surface area contributed by atoms with E-state index in [1.807, 2.05) is 0 Å². The van der Waals surface area contributed by atoms with Crippen molar-refractivity contribution in [3.05, 3.63) is 54.1 Å². The van der Waals surface area contributed by atoms with Crippen LogP contribution in [0.25, 0.3) is 0 Å². The summed E-state index contributed by atoms with van der Waals surface area (Å²) in [5, 5.41) is 11.7. The van der Waals surface area contributed by atoms with Gasteiger partial charge in [-0.15, -0.1) is 13.2 Å². The van der Waals surface area contributed by atoms with Gasteiger partial charge in [0.1, 0.15) is 11.5 Å². The van der Waals surface area contributed by atoms with Crippen LogP contribution in [0.3, 0.4) is 0 Å². The van der Waals surface area contributed by atoms with Crippen LogP contribution in [0.5, 0.6) is 11.5 Å². The number of hydrogen-bond acceptors (Lipinski definition) is 6. The Morgan fingerprint density at radius 2 is 1.90 bits per heavy atom. The van der Waals surface area contributed by atoms with Crippen LogP contribution in [0.15, 0.2) is 48.5 Å². The van der Waals surface area contributed by atoms with Crippen molar-refractivity contribution in [2.75, 3.05) is 25.1 Å². The van der Waals surface area contributed by atoms with Gasteiger partial charge in [-0.3, -0.25) is 4.79 Å². The molecule has 0 aromatic heterocycles. The molecule has 0 heterocycles. The molecule has 2 rings (SSSR count). The normalized spacial score (nSPS) is 12.2. The van der Waals surface area contributed by atoms with Crippen molar-refractivity contribution in [2.24, 2.45) is 5.73 Å². The third kappa shape index (κ3) is 7.80. The van der Waals surface area contributed by atoms with Crippen molar-refractivity contribution in [3.63, 3.8) is 0 Å². The first-order valence-electron chi connectivity index (χ1n) is 9.11. The molecule has 164 valence electrons. The van der Waals surface area contributed by atoms with E-state index >= 15 is 0 Å². The smallest absolute Gasteiger partial charge is 0.484 e. The molecule has 2 aromatic rings. The monoisotopic (exact) mass is 427 g/mol. The average molecular weight is 427 g/mol. The highest BCUT2D eigenvalue weighted by Crippen LogP contribution is 2.26. The number of hydrogen-bond donors (Lipinski definition) is 3. The van der Waals surface area contributed by atoms with E-state index in [4.69, 9.17) is 15.6 Å². The van der Waals surface area contributed by atoms with Gasteiger partial charge in [0.25, 0.3) is 5.91 Å². The lowest BCUT2D eigenvalue weighted by Gasteiger charge is -2.27. The lowest BCUT2D eigenvalue weighted by molar-refractivity contribution is -0.274. The number of carbonyl (C=O) groups excluding carboxylic acids is 1. The van der Waals surface area contributed by atoms with Crippen LogP contribution in [0.4, 0.5) is 18.9 Å². The molecular weight excluding hydrogens is 403 g/mol. The second kappa shape index (κ2) is 10.7. The topological polar surface area (TPSA) is 97.1 Å². The van der Waals surface area contributed by atoms with Gasteiger partial charge in [0, 0.05) is 25.3 Å². The summed E-state index contributed by atoms with van der Waals surface area (Å²) in [6, 6.07) is 12.2. The summed E-state index contributed by atoms with van der Waals surface area (Å²) in [5.41, 5.74) is 7.25. The van der Waals surface area contributed by atoms with Crippen LogP contribution in [0, 0.1) is 0 Å². The number of nitrogens with one attached hydrogen (secondary N) is 1. The number of carbonyl (C=O) groups is 1. The second-order valence-electron chi connectivity index (χ2n) is 6.45. The number of ether oxygens (including phenoxy) is 2. The summed E-state index contributed by atoms with van der Waals surface area (Å²) in [5.74, 6) is -0.173. The number of nitrogens with zero attached hydrogens (tertiary/aromatic N) is 1. The van der Waals surface area contributed by atoms with Crippen molar-refractivity contribution >= 4 is 11.6 Å². The fourth-order valence-electron chi connectivity index (χ4n) is 2.54. The van der Waals surface area contributed by atoms with E-state index in [1.54, 1.807) is 42.3 Å². The quantitative estimate of drug-likeness (QED) is 0.504. The zero-order valence-electron chi connectivity index (χ0n) is 16.4. The third-order valence-corrected chi connectivity index (χ3v) is 4.19. The number of halogens is 3. The molecule has 0 radical (unpaired) electrons. The Labute approximate surface area is 172 Å². The first-order valence-corrected chi connectivity index (χ1v) is 9.11. The first-order chi connectivity index (χ1) is 14.2. The van der Waals surface area contributed by atoms with Gasteiger partial charge in [0.05, 0.1) is 12.8 Å². The number of amides is 1. The maximum absolute atomic E-state index is 12.4. The summed E-state index contributed by atoms with van der Waals surface area (Å²) >= 11 is 0. The minimum atomic E-state index is -4.77. The van der Waals surface area contributed by atoms with E-state index < -0.39 is 12.5 Å². The zero-order chi connectivity index (χ0) is 22.1. The molecule has 4 N–H and O–H groups in total. The van der Waals surface area contributed by atoms with Gasteiger partial charge in [-0.05, 0) is 36.2 Å². The molecule has 10 heteroatoms. The van der Waals surface area contributed by atoms with Crippen LogP contribution in [-0.4, -0.2) is 43.7 Å². The van der Waals surface area contributed by atoms with E-state index in [-0.39, 0.29) is 31.4 Å². The highest BCUT2D eigenvalue weighted by atomic mass is 19.4. The molecule has 0 saturated carbocycles. The largest absolute Gasteiger partial charge is 0.573 e. The summed E-state index contributed by atoms with van der Waals surface area (Å²) < 4.78 is 46.3. The minimum absolute atomic E-state index is 0.0743. The van der Waals surface area contributed by atoms with Gasteiger partial charge in [0.15, 0.2) is 6.61 Å². The Morgan fingerprint density at radius 3 is 2.53 bits per heavy atom. The molecule has 0 spiro atoms. The Balaban J connectivity index is 1.75. The van der Waals surface area contributed by atoms with Crippen molar-refractivity contribution in [1.29, 1.82) is 0 Å². The molecule has 0 aliphatic carbocycles. The predicted octanol–water partition coefficient (Wildman–Crippen LogP) is 2.38. The molecule has 1 atom stereocenters. The fraction of sp³-hybridized carbons (Fsp3) is 0.350. The number of rotatable bonds is 10. The van der Waals surface area contributed by atoms with Crippen LogP contribution in [-0.2, 0) is 11.4 Å². The molecule has 0 fully saturated rings. The van der Waals surface area contributed by atoms with Crippen LogP contribution < -0.4 is 25.4 Å². The second-order valence-corrected chi connectivity index (χ2v) is 6.45. The lowest BCUT2D eigenvalue weighted by atomic mass is 10.2. The van der Waals surface area contributed by atoms with E-state index in [1.165, 1.54) is 18.2 Å². The van der Waals surface area contributed by atoms with Crippen molar-refractivity contribution < 1.29 is 32.5 Å². The molecule has 1 amide bonds. The molecule has 0 aliphatic rings. The number of anilines is 1. The Hall–Kier alpha value is -2.98. The molecule has 0 aliphatic heterocycles. The van der Waals surface area contributed by atoms with Gasteiger partial charge in [-0.25, -0.2) is 0 Å². The van der Waals surface area contributed by atoms with Crippen LogP contribution in [0.2, 0.25) is 0 Å². The Kier molecular flexibility index (Phi) is 8.31. The molecule has 0 bridgehead atoms. The van der Waals surface area contributed by atoms with Gasteiger partial charge >= 0.3 is 6.36 Å². The highest BCUT2D eigenvalue weighted by molar-refractivity contribution is 5.77. The molecule has 30 heavy (non-hydrogen) atoms. The molecular formula is C20H24F3N3O4. The molecule has 1 unspecified atom stereocenters. The van der Waals surface area contributed by atoms with Gasteiger partial charge in [-0.1, -0.05) is 18.2 Å². The third-order valence-electron chi connectivity index (χ3n) is 4.19. The number of aliphatic hydroxyl groups excluding tert-OH is 1. The summed E-state index contributed by atoms with van der Waals surface area (Å²) in [4.78, 5) is 13.5. The standard InChI is InChI=1S/C20H24F3N3O4/c1-26(15-3-2-4-17(11-15)30-20(21,22)23)18(24)9-10-25-19(28)13-29-16-7-5-14(12-27)6-8-16/h2-8,11,18,27H,9-10,12-13,24H2,1H3,(H,25,28). The lowest BCUT2D eigenvalue weighted by Crippen LogP contribution is -2.42. The van der Waals surface area contributed by atoms with Crippen molar-refractivity contribution in [1.82, 2.24) is 5.32 Å². The summed E-state index contributed by atoms with van der Waals surface area (Å²) in [6.07, 6.45) is -4.96. The number of alkyl halides is 3. The SMILES string of the molecule is CN(c1cccc(OC(F)(F)F)c1)C(N)CCNC(=O)COc1ccc(CO)cc1. The average Bonchev–Trinajstić information content (AvgIpc) is 2.71. The number of aliphatic hydroxyl groups is 1. The van der Waals surface area contributed by atoms with Gasteiger partial charge < -0.3 is 30.5 Å². The van der Waals surface area contributed by atoms with E-state index in [0.717, 1.165) is 5.56 Å². The molecule has 7 nitrogen and oxygen atoms in total. The summed E-state index contributed by atoms with van der Waals surface area (Å²) in [7, 11) is 1.64. The minimum Gasteiger partial charge on any atom is -0.484 e. The number of nitrogens with two attached hydrogens (primary N) is 1. The maximum atomic E-state index is 12.4. The Morgan fingerprint density at radius 1 is 1.20 bits per heavy atom. The first kappa shape index (κ1) is 23.3. The van der Waals surface area contributed by atoms with E-state index in [9.17, 15) is 18.0 Å². The van der Waals surface area contributed by atoms with Crippen LogP contribution in [0.1, 0.15) is 12.0 Å². The number of benzene rings is 2.